The molecule has 96 valence electrons. The molecule has 3 N–H and O–H groups in total. The highest BCUT2D eigenvalue weighted by molar-refractivity contribution is 7.80. The highest BCUT2D eigenvalue weighted by Gasteiger charge is 2.08. The van der Waals surface area contributed by atoms with Gasteiger partial charge in [-0.05, 0) is 56.7 Å². The van der Waals surface area contributed by atoms with Gasteiger partial charge in [-0.3, -0.25) is 0 Å². The lowest BCUT2D eigenvalue weighted by Gasteiger charge is -2.12. The van der Waals surface area contributed by atoms with E-state index in [-0.39, 0.29) is 5.11 Å². The van der Waals surface area contributed by atoms with Gasteiger partial charge in [0.25, 0.3) is 0 Å². The third-order valence-electron chi connectivity index (χ3n) is 3.73. The van der Waals surface area contributed by atoms with E-state index in [4.69, 9.17) is 18.0 Å². The van der Waals surface area contributed by atoms with E-state index >= 15 is 0 Å². The number of rotatable bonds is 1. The van der Waals surface area contributed by atoms with Crippen LogP contribution in [-0.2, 0) is 0 Å². The first-order valence-corrected chi connectivity index (χ1v) is 6.87. The molecule has 0 unspecified atom stereocenters. The summed E-state index contributed by atoms with van der Waals surface area (Å²) in [6.07, 6.45) is 0. The summed E-state index contributed by atoms with van der Waals surface area (Å²) < 4.78 is 0. The number of benzene rings is 4. The maximum absolute atomic E-state index is 5.56. The molecule has 0 saturated heterocycles. The number of nitrogens with two attached hydrogens (primary N) is 1. The Morgan fingerprint density at radius 1 is 0.800 bits per heavy atom. The minimum atomic E-state index is 0.290. The Labute approximate surface area is 121 Å². The molecule has 2 nitrogen and oxygen atoms in total. The average molecular weight is 276 g/mol. The Balaban J connectivity index is 2.16. The summed E-state index contributed by atoms with van der Waals surface area (Å²) in [5.74, 6) is 0. The van der Waals surface area contributed by atoms with Crippen LogP contribution in [0.2, 0.25) is 0 Å². The first-order valence-electron chi connectivity index (χ1n) is 6.46. The predicted molar refractivity (Wildman–Crippen MR) is 90.6 cm³/mol. The molecule has 4 aromatic rings. The van der Waals surface area contributed by atoms with Crippen LogP contribution < -0.4 is 11.1 Å². The van der Waals surface area contributed by atoms with E-state index in [0.717, 1.165) is 5.69 Å². The van der Waals surface area contributed by atoms with Gasteiger partial charge >= 0.3 is 0 Å². The molecule has 0 fully saturated rings. The van der Waals surface area contributed by atoms with Gasteiger partial charge in [0.1, 0.15) is 0 Å². The van der Waals surface area contributed by atoms with Gasteiger partial charge in [0.15, 0.2) is 5.11 Å². The number of nitrogens with one attached hydrogen (secondary N) is 1. The van der Waals surface area contributed by atoms with Gasteiger partial charge in [0, 0.05) is 5.69 Å². The topological polar surface area (TPSA) is 38.0 Å². The van der Waals surface area contributed by atoms with Crippen molar-refractivity contribution in [2.75, 3.05) is 5.32 Å². The molecule has 0 aliphatic carbocycles. The standard InChI is InChI=1S/C17H12N2S/c18-17(20)19-14-8-12-6-4-10-2-1-3-11-5-7-13(9-14)16(12)15(10)11/h1-9H,(H3,18,19,20). The van der Waals surface area contributed by atoms with Crippen LogP contribution in [0.25, 0.3) is 32.3 Å². The molecule has 0 bridgehead atoms. The van der Waals surface area contributed by atoms with Gasteiger partial charge in [-0.25, -0.2) is 0 Å². The zero-order valence-corrected chi connectivity index (χ0v) is 11.5. The van der Waals surface area contributed by atoms with Crippen LogP contribution in [0.1, 0.15) is 0 Å². The molecule has 0 heterocycles. The second kappa shape index (κ2) is 4.05. The summed E-state index contributed by atoms with van der Waals surface area (Å²) in [5, 5.41) is 10.9. The van der Waals surface area contributed by atoms with Crippen molar-refractivity contribution in [3.8, 4) is 0 Å². The Kier molecular flexibility index (Phi) is 2.32. The Morgan fingerprint density at radius 3 is 1.85 bits per heavy atom. The van der Waals surface area contributed by atoms with Crippen molar-refractivity contribution < 1.29 is 0 Å². The average Bonchev–Trinajstić information content (AvgIpc) is 2.44. The SMILES string of the molecule is NC(=S)Nc1cc2ccc3cccc4ccc(c1)c2c34. The van der Waals surface area contributed by atoms with Crippen LogP contribution >= 0.6 is 12.2 Å². The summed E-state index contributed by atoms with van der Waals surface area (Å²) in [4.78, 5) is 0. The predicted octanol–water partition coefficient (Wildman–Crippen LogP) is 4.24. The van der Waals surface area contributed by atoms with Crippen LogP contribution in [0.15, 0.2) is 54.6 Å². The second-order valence-corrected chi connectivity index (χ2v) is 5.44. The third kappa shape index (κ3) is 1.60. The van der Waals surface area contributed by atoms with Gasteiger partial charge in [0.05, 0.1) is 0 Å². The number of anilines is 1. The van der Waals surface area contributed by atoms with E-state index in [9.17, 15) is 0 Å². The molecule has 0 saturated carbocycles. The van der Waals surface area contributed by atoms with E-state index in [2.05, 4.69) is 59.9 Å². The molecule has 0 amide bonds. The zero-order valence-electron chi connectivity index (χ0n) is 10.7. The molecule has 0 atom stereocenters. The molecule has 4 aromatic carbocycles. The molecule has 0 spiro atoms. The van der Waals surface area contributed by atoms with Crippen molar-refractivity contribution >= 4 is 55.3 Å². The minimum Gasteiger partial charge on any atom is -0.376 e. The summed E-state index contributed by atoms with van der Waals surface area (Å²) in [5.41, 5.74) is 6.50. The molecule has 4 rings (SSSR count). The van der Waals surface area contributed by atoms with Gasteiger partial charge in [-0.2, -0.15) is 0 Å². The third-order valence-corrected chi connectivity index (χ3v) is 3.83. The fourth-order valence-corrected chi connectivity index (χ4v) is 3.09. The fraction of sp³-hybridized carbons (Fsp3) is 0. The van der Waals surface area contributed by atoms with Crippen LogP contribution in [-0.4, -0.2) is 5.11 Å². The van der Waals surface area contributed by atoms with Crippen molar-refractivity contribution in [2.45, 2.75) is 0 Å². The van der Waals surface area contributed by atoms with Crippen LogP contribution in [0.4, 0.5) is 5.69 Å². The Morgan fingerprint density at radius 2 is 1.30 bits per heavy atom. The Bertz CT molecular complexity index is 895. The molecule has 0 radical (unpaired) electrons. The quantitative estimate of drug-likeness (QED) is 0.403. The molecule has 0 aliphatic rings. The normalized spacial score (nSPS) is 11.4. The number of thiocarbonyl (C=S) groups is 1. The zero-order chi connectivity index (χ0) is 13.7. The van der Waals surface area contributed by atoms with E-state index in [0.29, 0.717) is 0 Å². The van der Waals surface area contributed by atoms with E-state index in [1.807, 2.05) is 0 Å². The lowest BCUT2D eigenvalue weighted by molar-refractivity contribution is 1.65. The number of hydrogen-bond donors (Lipinski definition) is 2. The van der Waals surface area contributed by atoms with Crippen molar-refractivity contribution in [1.82, 2.24) is 0 Å². The van der Waals surface area contributed by atoms with Crippen molar-refractivity contribution in [3.63, 3.8) is 0 Å². The maximum atomic E-state index is 5.56. The van der Waals surface area contributed by atoms with Crippen molar-refractivity contribution in [3.05, 3.63) is 54.6 Å². The van der Waals surface area contributed by atoms with Crippen LogP contribution in [0, 0.1) is 0 Å². The van der Waals surface area contributed by atoms with E-state index in [1.54, 1.807) is 0 Å². The van der Waals surface area contributed by atoms with Crippen LogP contribution in [0.3, 0.4) is 0 Å². The van der Waals surface area contributed by atoms with Crippen molar-refractivity contribution in [2.24, 2.45) is 5.73 Å². The summed E-state index contributed by atoms with van der Waals surface area (Å²) in [6.45, 7) is 0. The van der Waals surface area contributed by atoms with Gasteiger partial charge in [0.2, 0.25) is 0 Å². The molecule has 20 heavy (non-hydrogen) atoms. The van der Waals surface area contributed by atoms with E-state index < -0.39 is 0 Å². The van der Waals surface area contributed by atoms with Gasteiger partial charge in [-0.15, -0.1) is 0 Å². The monoisotopic (exact) mass is 276 g/mol. The van der Waals surface area contributed by atoms with Crippen LogP contribution in [0.5, 0.6) is 0 Å². The fourth-order valence-electron chi connectivity index (χ4n) is 2.97. The van der Waals surface area contributed by atoms with Gasteiger partial charge in [-0.1, -0.05) is 42.5 Å². The van der Waals surface area contributed by atoms with E-state index in [1.165, 1.54) is 32.3 Å². The summed E-state index contributed by atoms with van der Waals surface area (Å²) >= 11 is 4.92. The highest BCUT2D eigenvalue weighted by atomic mass is 32.1. The molecule has 3 heteroatoms. The molecular weight excluding hydrogens is 264 g/mol. The largest absolute Gasteiger partial charge is 0.376 e. The highest BCUT2D eigenvalue weighted by Crippen LogP contribution is 2.35. The lowest BCUT2D eigenvalue weighted by atomic mass is 9.94. The lowest BCUT2D eigenvalue weighted by Crippen LogP contribution is -2.18. The minimum absolute atomic E-state index is 0.290. The summed E-state index contributed by atoms with van der Waals surface area (Å²) in [6, 6.07) is 19.2. The molecule has 0 aliphatic heterocycles. The smallest absolute Gasteiger partial charge is 0.168 e. The molecular formula is C17H12N2S. The molecule has 0 aromatic heterocycles. The first-order chi connectivity index (χ1) is 9.72. The second-order valence-electron chi connectivity index (χ2n) is 5.00. The number of hydrogen-bond acceptors (Lipinski definition) is 1. The maximum Gasteiger partial charge on any atom is 0.168 e. The van der Waals surface area contributed by atoms with Crippen molar-refractivity contribution in [1.29, 1.82) is 0 Å². The summed E-state index contributed by atoms with van der Waals surface area (Å²) in [7, 11) is 0. The van der Waals surface area contributed by atoms with Gasteiger partial charge < -0.3 is 11.1 Å². The first kappa shape index (κ1) is 11.4. The Hall–Kier alpha value is -2.39.